The molecule has 1 heterocycles. The molecule has 1 N–H and O–H groups in total. The fraction of sp³-hybridized carbons (Fsp3) is 0.235. The lowest BCUT2D eigenvalue weighted by Crippen LogP contribution is -2.21. The van der Waals surface area contributed by atoms with Crippen LogP contribution >= 0.6 is 27.7 Å². The molecule has 1 amide bonds. The van der Waals surface area contributed by atoms with Crippen molar-refractivity contribution in [1.82, 2.24) is 10.4 Å². The summed E-state index contributed by atoms with van der Waals surface area (Å²) in [6.45, 7) is 5.93. The van der Waals surface area contributed by atoms with Gasteiger partial charge in [0.2, 0.25) is 5.91 Å². The summed E-state index contributed by atoms with van der Waals surface area (Å²) in [4.78, 5) is 17.0. The molecule has 6 heteroatoms. The number of hydrazone groups is 1. The Hall–Kier alpha value is -1.66. The summed E-state index contributed by atoms with van der Waals surface area (Å²) in [6, 6.07) is 7.87. The van der Waals surface area contributed by atoms with Gasteiger partial charge in [-0.3, -0.25) is 9.78 Å². The maximum Gasteiger partial charge on any atom is 0.250 e. The third kappa shape index (κ3) is 5.18. The van der Waals surface area contributed by atoms with Gasteiger partial charge in [0, 0.05) is 27.3 Å². The zero-order valence-electron chi connectivity index (χ0n) is 13.3. The molecule has 2 aromatic rings. The third-order valence-electron chi connectivity index (χ3n) is 3.26. The van der Waals surface area contributed by atoms with Crippen LogP contribution in [0.3, 0.4) is 0 Å². The average molecular weight is 392 g/mol. The predicted molar refractivity (Wildman–Crippen MR) is 98.9 cm³/mol. The zero-order valence-corrected chi connectivity index (χ0v) is 15.7. The highest BCUT2D eigenvalue weighted by Crippen LogP contribution is 2.28. The lowest BCUT2D eigenvalue weighted by Gasteiger charge is -2.08. The van der Waals surface area contributed by atoms with E-state index >= 15 is 0 Å². The van der Waals surface area contributed by atoms with Gasteiger partial charge in [-0.2, -0.15) is 5.10 Å². The molecule has 1 aromatic carbocycles. The van der Waals surface area contributed by atoms with Crippen LogP contribution in [0.4, 0.5) is 0 Å². The Morgan fingerprint density at radius 1 is 1.26 bits per heavy atom. The second-order valence-corrected chi connectivity index (χ2v) is 7.00. The van der Waals surface area contributed by atoms with Crippen molar-refractivity contribution in [2.24, 2.45) is 5.10 Å². The van der Waals surface area contributed by atoms with Gasteiger partial charge < -0.3 is 0 Å². The van der Waals surface area contributed by atoms with Gasteiger partial charge in [0.25, 0.3) is 0 Å². The van der Waals surface area contributed by atoms with Gasteiger partial charge in [-0.25, -0.2) is 5.43 Å². The quantitative estimate of drug-likeness (QED) is 0.474. The Labute approximate surface area is 148 Å². The van der Waals surface area contributed by atoms with Gasteiger partial charge in [0.05, 0.1) is 11.5 Å². The van der Waals surface area contributed by atoms with Crippen molar-refractivity contribution in [3.63, 3.8) is 0 Å². The van der Waals surface area contributed by atoms with Crippen molar-refractivity contribution < 1.29 is 4.79 Å². The SMILES string of the molecule is CC(=NNC(=O)CSc1cc(C)c(Br)cc1C)c1ccncc1. The second-order valence-electron chi connectivity index (χ2n) is 5.12. The van der Waals surface area contributed by atoms with E-state index in [9.17, 15) is 4.79 Å². The summed E-state index contributed by atoms with van der Waals surface area (Å²) in [5, 5.41) is 4.13. The van der Waals surface area contributed by atoms with Gasteiger partial charge in [-0.1, -0.05) is 15.9 Å². The lowest BCUT2D eigenvalue weighted by molar-refractivity contribution is -0.118. The smallest absolute Gasteiger partial charge is 0.250 e. The normalized spacial score (nSPS) is 11.4. The number of aromatic nitrogens is 1. The van der Waals surface area contributed by atoms with Crippen LogP contribution in [0.2, 0.25) is 0 Å². The van der Waals surface area contributed by atoms with E-state index < -0.39 is 0 Å². The van der Waals surface area contributed by atoms with Crippen molar-refractivity contribution in [2.75, 3.05) is 5.75 Å². The summed E-state index contributed by atoms with van der Waals surface area (Å²) in [7, 11) is 0. The number of hydrogen-bond donors (Lipinski definition) is 1. The number of thioether (sulfide) groups is 1. The zero-order chi connectivity index (χ0) is 16.8. The highest BCUT2D eigenvalue weighted by atomic mass is 79.9. The summed E-state index contributed by atoms with van der Waals surface area (Å²) < 4.78 is 1.08. The number of carbonyl (C=O) groups is 1. The number of rotatable bonds is 5. The molecule has 0 aliphatic heterocycles. The molecule has 0 fully saturated rings. The van der Waals surface area contributed by atoms with E-state index in [1.807, 2.05) is 32.9 Å². The van der Waals surface area contributed by atoms with E-state index in [1.54, 1.807) is 12.4 Å². The highest BCUT2D eigenvalue weighted by molar-refractivity contribution is 9.10. The van der Waals surface area contributed by atoms with Crippen LogP contribution in [0.25, 0.3) is 0 Å². The monoisotopic (exact) mass is 391 g/mol. The molecule has 4 nitrogen and oxygen atoms in total. The van der Waals surface area contributed by atoms with Gasteiger partial charge in [0.1, 0.15) is 0 Å². The van der Waals surface area contributed by atoms with Crippen LogP contribution < -0.4 is 5.43 Å². The molecule has 0 spiro atoms. The molecule has 0 atom stereocenters. The molecule has 0 aliphatic rings. The minimum atomic E-state index is -0.122. The maximum atomic E-state index is 12.0. The Morgan fingerprint density at radius 3 is 2.65 bits per heavy atom. The van der Waals surface area contributed by atoms with Crippen LogP contribution in [0.5, 0.6) is 0 Å². The molecule has 0 radical (unpaired) electrons. The molecule has 23 heavy (non-hydrogen) atoms. The Kier molecular flexibility index (Phi) is 6.36. The molecular formula is C17H18BrN3OS. The molecule has 1 aromatic heterocycles. The van der Waals surface area contributed by atoms with Crippen molar-refractivity contribution >= 4 is 39.3 Å². The van der Waals surface area contributed by atoms with Crippen LogP contribution in [0.15, 0.2) is 51.1 Å². The van der Waals surface area contributed by atoms with Gasteiger partial charge >= 0.3 is 0 Å². The van der Waals surface area contributed by atoms with E-state index in [0.717, 1.165) is 31.8 Å². The first-order valence-electron chi connectivity index (χ1n) is 7.10. The molecule has 0 saturated heterocycles. The first-order valence-corrected chi connectivity index (χ1v) is 8.88. The third-order valence-corrected chi connectivity index (χ3v) is 5.27. The number of benzene rings is 1. The fourth-order valence-corrected chi connectivity index (χ4v) is 3.25. The molecule has 0 aliphatic carbocycles. The maximum absolute atomic E-state index is 12.0. The van der Waals surface area contributed by atoms with E-state index in [4.69, 9.17) is 0 Å². The number of nitrogens with one attached hydrogen (secondary N) is 1. The molecule has 2 rings (SSSR count). The molecule has 0 bridgehead atoms. The molecule has 120 valence electrons. The topological polar surface area (TPSA) is 54.4 Å². The van der Waals surface area contributed by atoms with Gasteiger partial charge in [-0.05, 0) is 56.2 Å². The highest BCUT2D eigenvalue weighted by Gasteiger charge is 2.07. The second kappa shape index (κ2) is 8.26. The van der Waals surface area contributed by atoms with Crippen LogP contribution in [-0.2, 0) is 4.79 Å². The van der Waals surface area contributed by atoms with Gasteiger partial charge in [-0.15, -0.1) is 11.8 Å². The number of pyridine rings is 1. The molecule has 0 unspecified atom stereocenters. The van der Waals surface area contributed by atoms with Crippen molar-refractivity contribution in [1.29, 1.82) is 0 Å². The number of carbonyl (C=O) groups excluding carboxylic acids is 1. The first kappa shape index (κ1) is 17.7. The number of hydrogen-bond acceptors (Lipinski definition) is 4. The van der Waals surface area contributed by atoms with Crippen LogP contribution in [-0.4, -0.2) is 22.4 Å². The van der Waals surface area contributed by atoms with E-state index in [0.29, 0.717) is 5.75 Å². The molecular weight excluding hydrogens is 374 g/mol. The van der Waals surface area contributed by atoms with E-state index in [1.165, 1.54) is 11.8 Å². The number of halogens is 1. The van der Waals surface area contributed by atoms with Crippen molar-refractivity contribution in [3.8, 4) is 0 Å². The van der Waals surface area contributed by atoms with Crippen LogP contribution in [0.1, 0.15) is 23.6 Å². The number of nitrogens with zero attached hydrogens (tertiary/aromatic N) is 2. The van der Waals surface area contributed by atoms with E-state index in [2.05, 4.69) is 43.6 Å². The Morgan fingerprint density at radius 2 is 1.96 bits per heavy atom. The minimum absolute atomic E-state index is 0.122. The predicted octanol–water partition coefficient (Wildman–Crippen LogP) is 4.09. The van der Waals surface area contributed by atoms with Crippen LogP contribution in [0, 0.1) is 13.8 Å². The standard InChI is InChI=1S/C17H18BrN3OS/c1-11-9-16(12(2)8-15(11)18)23-10-17(22)21-20-13(3)14-4-6-19-7-5-14/h4-9H,10H2,1-3H3,(H,21,22). The average Bonchev–Trinajstić information content (AvgIpc) is 2.55. The Bertz CT molecular complexity index is 732. The largest absolute Gasteiger partial charge is 0.272 e. The van der Waals surface area contributed by atoms with Crippen molar-refractivity contribution in [2.45, 2.75) is 25.7 Å². The first-order chi connectivity index (χ1) is 11.0. The van der Waals surface area contributed by atoms with Crippen molar-refractivity contribution in [3.05, 3.63) is 57.8 Å². The summed E-state index contributed by atoms with van der Waals surface area (Å²) in [5.74, 6) is 0.207. The summed E-state index contributed by atoms with van der Waals surface area (Å²) >= 11 is 5.03. The minimum Gasteiger partial charge on any atom is -0.272 e. The number of amides is 1. The summed E-state index contributed by atoms with van der Waals surface area (Å²) in [5.41, 5.74) is 6.59. The molecule has 0 saturated carbocycles. The fourth-order valence-electron chi connectivity index (χ4n) is 1.89. The lowest BCUT2D eigenvalue weighted by atomic mass is 10.2. The summed E-state index contributed by atoms with van der Waals surface area (Å²) in [6.07, 6.45) is 3.40. The Balaban J connectivity index is 1.92. The number of aryl methyl sites for hydroxylation is 2. The van der Waals surface area contributed by atoms with E-state index in [-0.39, 0.29) is 5.91 Å². The van der Waals surface area contributed by atoms with Gasteiger partial charge in [0.15, 0.2) is 0 Å².